The summed E-state index contributed by atoms with van der Waals surface area (Å²) >= 11 is 17.6. The van der Waals surface area contributed by atoms with Gasteiger partial charge < -0.3 is 10.2 Å². The maximum absolute atomic E-state index is 11.0. The molecule has 0 unspecified atom stereocenters. The molecule has 0 aliphatic rings. The molecule has 0 saturated heterocycles. The Bertz CT molecular complexity index is 766. The molecular formula is C13H8Cl3N3O3. The van der Waals surface area contributed by atoms with E-state index in [0.717, 1.165) is 0 Å². The van der Waals surface area contributed by atoms with E-state index in [9.17, 15) is 9.90 Å². The van der Waals surface area contributed by atoms with Crippen molar-refractivity contribution in [1.29, 1.82) is 0 Å². The molecule has 3 N–H and O–H groups in total. The molecule has 9 heteroatoms. The van der Waals surface area contributed by atoms with E-state index in [1.807, 2.05) is 0 Å². The van der Waals surface area contributed by atoms with Crippen molar-refractivity contribution in [1.82, 2.24) is 4.98 Å². The van der Waals surface area contributed by atoms with Gasteiger partial charge in [-0.15, -0.1) is 0 Å². The zero-order valence-electron chi connectivity index (χ0n) is 10.7. The quantitative estimate of drug-likeness (QED) is 0.437. The molecule has 22 heavy (non-hydrogen) atoms. The third-order valence-corrected chi connectivity index (χ3v) is 3.66. The molecule has 0 aliphatic carbocycles. The van der Waals surface area contributed by atoms with Gasteiger partial charge in [-0.2, -0.15) is 5.10 Å². The van der Waals surface area contributed by atoms with Gasteiger partial charge in [-0.25, -0.2) is 9.78 Å². The molecule has 2 aromatic rings. The Balaban J connectivity index is 2.34. The number of benzene rings is 1. The summed E-state index contributed by atoms with van der Waals surface area (Å²) in [5, 5.41) is 21.9. The first-order valence-corrected chi connectivity index (χ1v) is 6.90. The summed E-state index contributed by atoms with van der Waals surface area (Å²) in [6, 6.07) is 6.50. The lowest BCUT2D eigenvalue weighted by Gasteiger charge is -2.09. The fourth-order valence-corrected chi connectivity index (χ4v) is 2.18. The third kappa shape index (κ3) is 3.41. The van der Waals surface area contributed by atoms with Crippen molar-refractivity contribution in [3.8, 4) is 5.75 Å². The fraction of sp³-hybridized carbons (Fsp3) is 0. The Hall–Kier alpha value is -2.02. The number of carboxylic acid groups (broad SMARTS) is 1. The molecule has 0 radical (unpaired) electrons. The number of pyridine rings is 1. The van der Waals surface area contributed by atoms with Gasteiger partial charge in [0.15, 0.2) is 10.8 Å². The second kappa shape index (κ2) is 6.83. The molecule has 1 heterocycles. The molecule has 0 fully saturated rings. The molecule has 0 amide bonds. The van der Waals surface area contributed by atoms with E-state index >= 15 is 0 Å². The summed E-state index contributed by atoms with van der Waals surface area (Å²) in [4.78, 5) is 14.6. The monoisotopic (exact) mass is 359 g/mol. The summed E-state index contributed by atoms with van der Waals surface area (Å²) in [7, 11) is 0. The number of carbonyl (C=O) groups is 1. The molecule has 0 saturated carbocycles. The number of hydrogen-bond acceptors (Lipinski definition) is 5. The lowest BCUT2D eigenvalue weighted by atomic mass is 10.2. The van der Waals surface area contributed by atoms with Crippen LogP contribution in [0.15, 0.2) is 29.4 Å². The van der Waals surface area contributed by atoms with Crippen molar-refractivity contribution in [3.05, 3.63) is 50.7 Å². The number of aromatic carboxylic acids is 1. The first-order chi connectivity index (χ1) is 10.4. The van der Waals surface area contributed by atoms with Gasteiger partial charge in [0.05, 0.1) is 11.9 Å². The number of nitrogens with one attached hydrogen (secondary N) is 1. The number of aromatic nitrogens is 1. The molecule has 1 aromatic heterocycles. The highest BCUT2D eigenvalue weighted by atomic mass is 35.5. The predicted octanol–water partition coefficient (Wildman–Crippen LogP) is 3.89. The van der Waals surface area contributed by atoms with Gasteiger partial charge in [-0.3, -0.25) is 5.43 Å². The van der Waals surface area contributed by atoms with Crippen molar-refractivity contribution in [2.75, 3.05) is 5.43 Å². The maximum Gasteiger partial charge on any atom is 0.356 e. The van der Waals surface area contributed by atoms with Crippen LogP contribution in [0.1, 0.15) is 16.1 Å². The van der Waals surface area contributed by atoms with E-state index in [4.69, 9.17) is 39.9 Å². The minimum absolute atomic E-state index is 0.00686. The van der Waals surface area contributed by atoms with Crippen LogP contribution < -0.4 is 5.43 Å². The van der Waals surface area contributed by atoms with Crippen molar-refractivity contribution >= 4 is 52.7 Å². The summed E-state index contributed by atoms with van der Waals surface area (Å²) in [6.07, 6.45) is 1.32. The Morgan fingerprint density at radius 3 is 2.55 bits per heavy atom. The Labute approximate surface area is 140 Å². The van der Waals surface area contributed by atoms with Crippen LogP contribution in [0.3, 0.4) is 0 Å². The average Bonchev–Trinajstić information content (AvgIpc) is 2.48. The number of nitrogens with zero attached hydrogens (tertiary/aromatic N) is 2. The number of halogens is 3. The summed E-state index contributed by atoms with van der Waals surface area (Å²) in [5.74, 6) is -1.32. The number of phenols is 1. The predicted molar refractivity (Wildman–Crippen MR) is 85.5 cm³/mol. The standard InChI is InChI=1S/C13H8Cl3N3O3/c14-8-10(9(15)12(16)18-11(8)13(21)22)19-17-5-6-3-1-2-4-7(6)20/h1-5,20H,(H,18,19)(H,21,22). The third-order valence-electron chi connectivity index (χ3n) is 2.56. The number of phenolic OH excluding ortho intramolecular Hbond substituents is 1. The van der Waals surface area contributed by atoms with Crippen molar-refractivity contribution in [2.45, 2.75) is 0 Å². The van der Waals surface area contributed by atoms with Crippen molar-refractivity contribution in [2.24, 2.45) is 5.10 Å². The maximum atomic E-state index is 11.0. The Kier molecular flexibility index (Phi) is 5.07. The van der Waals surface area contributed by atoms with E-state index in [2.05, 4.69) is 15.5 Å². The van der Waals surface area contributed by atoms with E-state index in [1.54, 1.807) is 18.2 Å². The van der Waals surface area contributed by atoms with Crippen LogP contribution in [0, 0.1) is 0 Å². The average molecular weight is 361 g/mol. The van der Waals surface area contributed by atoms with Crippen molar-refractivity contribution < 1.29 is 15.0 Å². The van der Waals surface area contributed by atoms with Crippen LogP contribution in [0.2, 0.25) is 15.2 Å². The second-order valence-corrected chi connectivity index (χ2v) is 5.10. The van der Waals surface area contributed by atoms with E-state index in [0.29, 0.717) is 5.56 Å². The lowest BCUT2D eigenvalue weighted by molar-refractivity contribution is 0.0691. The van der Waals surface area contributed by atoms with Crippen LogP contribution >= 0.6 is 34.8 Å². The van der Waals surface area contributed by atoms with Gasteiger partial charge in [0, 0.05) is 5.56 Å². The minimum atomic E-state index is -1.35. The molecule has 0 bridgehead atoms. The SMILES string of the molecule is O=C(O)c1nc(Cl)c(Cl)c(NN=Cc2ccccc2O)c1Cl. The highest BCUT2D eigenvalue weighted by molar-refractivity contribution is 6.46. The van der Waals surface area contributed by atoms with E-state index in [1.165, 1.54) is 12.3 Å². The number of hydrazone groups is 1. The smallest absolute Gasteiger partial charge is 0.356 e. The molecule has 0 aliphatic heterocycles. The molecule has 0 spiro atoms. The first-order valence-electron chi connectivity index (χ1n) is 5.76. The van der Waals surface area contributed by atoms with Gasteiger partial charge >= 0.3 is 5.97 Å². The number of carboxylic acids is 1. The van der Waals surface area contributed by atoms with Crippen LogP contribution in [-0.4, -0.2) is 27.4 Å². The highest BCUT2D eigenvalue weighted by Gasteiger charge is 2.20. The van der Waals surface area contributed by atoms with Crippen LogP contribution in [0.4, 0.5) is 5.69 Å². The number of hydrogen-bond donors (Lipinski definition) is 3. The normalized spacial score (nSPS) is 10.9. The van der Waals surface area contributed by atoms with E-state index in [-0.39, 0.29) is 26.6 Å². The zero-order valence-corrected chi connectivity index (χ0v) is 13.0. The number of anilines is 1. The van der Waals surface area contributed by atoms with Gasteiger partial charge in [0.2, 0.25) is 0 Å². The lowest BCUT2D eigenvalue weighted by Crippen LogP contribution is -2.05. The number of rotatable bonds is 4. The van der Waals surface area contributed by atoms with Crippen LogP contribution in [-0.2, 0) is 0 Å². The van der Waals surface area contributed by atoms with E-state index < -0.39 is 11.7 Å². The van der Waals surface area contributed by atoms with Gasteiger partial charge in [0.25, 0.3) is 0 Å². The van der Waals surface area contributed by atoms with Gasteiger partial charge in [-0.1, -0.05) is 46.9 Å². The fourth-order valence-electron chi connectivity index (χ4n) is 1.52. The molecule has 114 valence electrons. The summed E-state index contributed by atoms with van der Waals surface area (Å²) in [5.41, 5.74) is 2.50. The van der Waals surface area contributed by atoms with Crippen LogP contribution in [0.5, 0.6) is 5.75 Å². The molecule has 0 atom stereocenters. The van der Waals surface area contributed by atoms with Gasteiger partial charge in [-0.05, 0) is 12.1 Å². The Morgan fingerprint density at radius 2 is 1.91 bits per heavy atom. The number of para-hydroxylation sites is 1. The Morgan fingerprint density at radius 1 is 1.23 bits per heavy atom. The highest BCUT2D eigenvalue weighted by Crippen LogP contribution is 2.36. The zero-order chi connectivity index (χ0) is 16.3. The topological polar surface area (TPSA) is 94.8 Å². The molecule has 1 aromatic carbocycles. The summed E-state index contributed by atoms with van der Waals surface area (Å²) in [6.45, 7) is 0. The van der Waals surface area contributed by atoms with Crippen LogP contribution in [0.25, 0.3) is 0 Å². The molecular weight excluding hydrogens is 353 g/mol. The minimum Gasteiger partial charge on any atom is -0.507 e. The number of aromatic hydroxyl groups is 1. The molecule has 2 rings (SSSR count). The summed E-state index contributed by atoms with van der Waals surface area (Å²) < 4.78 is 0. The van der Waals surface area contributed by atoms with Gasteiger partial charge in [0.1, 0.15) is 15.8 Å². The first kappa shape index (κ1) is 16.4. The second-order valence-electron chi connectivity index (χ2n) is 3.99. The molecule has 6 nitrogen and oxygen atoms in total. The van der Waals surface area contributed by atoms with Crippen molar-refractivity contribution in [3.63, 3.8) is 0 Å². The largest absolute Gasteiger partial charge is 0.507 e.